The Morgan fingerprint density at radius 1 is 1.12 bits per heavy atom. The van der Waals surface area contributed by atoms with Crippen LogP contribution in [0.4, 0.5) is 0 Å². The maximum atomic E-state index is 13.0. The first-order valence-electron chi connectivity index (χ1n) is 11.3. The summed E-state index contributed by atoms with van der Waals surface area (Å²) in [6.07, 6.45) is 3.28. The molecule has 0 saturated carbocycles. The Morgan fingerprint density at radius 3 is 2.62 bits per heavy atom. The van der Waals surface area contributed by atoms with Gasteiger partial charge in [0.15, 0.2) is 0 Å². The first kappa shape index (κ1) is 23.9. The van der Waals surface area contributed by atoms with Crippen LogP contribution in [0.2, 0.25) is 0 Å². The van der Waals surface area contributed by atoms with Crippen molar-refractivity contribution in [2.75, 3.05) is 20.2 Å². The van der Waals surface area contributed by atoms with Crippen LogP contribution in [0, 0.1) is 0 Å². The van der Waals surface area contributed by atoms with Gasteiger partial charge in [0.05, 0.1) is 18.6 Å². The number of sulfonamides is 1. The molecule has 1 N–H and O–H groups in total. The molecule has 1 amide bonds. The number of methoxy groups -OCH3 is 1. The number of hydrogen-bond donors (Lipinski definition) is 1. The zero-order valence-electron chi connectivity index (χ0n) is 19.1. The highest BCUT2D eigenvalue weighted by Crippen LogP contribution is 2.27. The van der Waals surface area contributed by atoms with Gasteiger partial charge in [-0.05, 0) is 43.0 Å². The number of aryl methyl sites for hydroxylation is 1. The van der Waals surface area contributed by atoms with Crippen molar-refractivity contribution >= 4 is 15.9 Å². The molecule has 0 radical (unpaired) electrons. The highest BCUT2D eigenvalue weighted by atomic mass is 32.2. The minimum atomic E-state index is -3.57. The van der Waals surface area contributed by atoms with Crippen LogP contribution in [0.15, 0.2) is 57.9 Å². The lowest BCUT2D eigenvalue weighted by Gasteiger charge is -2.26. The molecule has 4 rings (SSSR count). The molecule has 1 saturated heterocycles. The Bertz CT molecular complexity index is 1220. The second-order valence-electron chi connectivity index (χ2n) is 8.09. The topological polar surface area (TPSA) is 115 Å². The van der Waals surface area contributed by atoms with E-state index in [2.05, 4.69) is 15.5 Å². The smallest absolute Gasteiger partial charge is 0.246 e. The van der Waals surface area contributed by atoms with Crippen LogP contribution < -0.4 is 10.1 Å². The first-order chi connectivity index (χ1) is 16.5. The highest BCUT2D eigenvalue weighted by Gasteiger charge is 2.26. The van der Waals surface area contributed by atoms with E-state index in [0.29, 0.717) is 42.5 Å². The maximum absolute atomic E-state index is 13.0. The monoisotopic (exact) mass is 484 g/mol. The van der Waals surface area contributed by atoms with E-state index in [1.807, 2.05) is 30.3 Å². The number of rotatable bonds is 9. The van der Waals surface area contributed by atoms with Gasteiger partial charge in [-0.1, -0.05) is 41.9 Å². The molecule has 9 nitrogen and oxygen atoms in total. The van der Waals surface area contributed by atoms with Crippen molar-refractivity contribution in [3.8, 4) is 17.1 Å². The average molecular weight is 485 g/mol. The fraction of sp³-hybridized carbons (Fsp3) is 0.375. The van der Waals surface area contributed by atoms with Gasteiger partial charge in [-0.15, -0.1) is 0 Å². The molecule has 180 valence electrons. The number of nitrogens with zero attached hydrogens (tertiary/aromatic N) is 3. The van der Waals surface area contributed by atoms with E-state index in [4.69, 9.17) is 9.26 Å². The third kappa shape index (κ3) is 5.63. The summed E-state index contributed by atoms with van der Waals surface area (Å²) in [6, 6.07) is 14.2. The lowest BCUT2D eigenvalue weighted by molar-refractivity contribution is -0.121. The summed E-state index contributed by atoms with van der Waals surface area (Å²) in [4.78, 5) is 17.0. The second kappa shape index (κ2) is 10.8. The van der Waals surface area contributed by atoms with Gasteiger partial charge in [0, 0.05) is 25.1 Å². The van der Waals surface area contributed by atoms with E-state index in [1.54, 1.807) is 18.2 Å². The quantitative estimate of drug-likeness (QED) is 0.496. The Balaban J connectivity index is 1.36. The average Bonchev–Trinajstić information content (AvgIpc) is 3.36. The van der Waals surface area contributed by atoms with Crippen molar-refractivity contribution < 1.29 is 22.5 Å². The summed E-state index contributed by atoms with van der Waals surface area (Å²) in [7, 11) is -2.04. The Hall–Kier alpha value is -3.24. The van der Waals surface area contributed by atoms with Gasteiger partial charge in [0.2, 0.25) is 27.6 Å². The molecule has 0 atom stereocenters. The van der Waals surface area contributed by atoms with Crippen molar-refractivity contribution in [1.29, 1.82) is 0 Å². The molecule has 0 spiro atoms. The molecule has 0 bridgehead atoms. The minimum absolute atomic E-state index is 0.110. The van der Waals surface area contributed by atoms with Gasteiger partial charge < -0.3 is 14.6 Å². The molecule has 1 fully saturated rings. The molecular formula is C24H28N4O5S. The minimum Gasteiger partial charge on any atom is -0.496 e. The Labute approximate surface area is 199 Å². The molecule has 0 aliphatic carbocycles. The second-order valence-corrected chi connectivity index (χ2v) is 10.0. The molecule has 2 aromatic carbocycles. The third-order valence-electron chi connectivity index (χ3n) is 5.76. The summed E-state index contributed by atoms with van der Waals surface area (Å²) < 4.78 is 38.2. The summed E-state index contributed by atoms with van der Waals surface area (Å²) >= 11 is 0. The SMILES string of the molecule is COc1ccc(S(=O)(=O)N2CCCCC2)cc1CCC(=O)NCc1nc(-c2ccccc2)no1. The van der Waals surface area contributed by atoms with Crippen molar-refractivity contribution in [2.45, 2.75) is 43.5 Å². The largest absolute Gasteiger partial charge is 0.496 e. The fourth-order valence-electron chi connectivity index (χ4n) is 3.91. The number of carbonyl (C=O) groups excluding carboxylic acids is 1. The molecular weight excluding hydrogens is 456 g/mol. The van der Waals surface area contributed by atoms with Crippen molar-refractivity contribution in [3.05, 3.63) is 60.0 Å². The first-order valence-corrected chi connectivity index (χ1v) is 12.7. The van der Waals surface area contributed by atoms with Crippen molar-refractivity contribution in [3.63, 3.8) is 0 Å². The van der Waals surface area contributed by atoms with Gasteiger partial charge >= 0.3 is 0 Å². The standard InChI is InChI=1S/C24H28N4O5S/c1-32-21-12-11-20(34(30,31)28-14-6-3-7-15-28)16-19(21)10-13-22(29)25-17-23-26-24(27-33-23)18-8-4-2-5-9-18/h2,4-5,8-9,11-12,16H,3,6-7,10,13-15,17H2,1H3,(H,25,29). The number of nitrogens with one attached hydrogen (secondary N) is 1. The molecule has 0 unspecified atom stereocenters. The van der Waals surface area contributed by atoms with Gasteiger partial charge in [-0.3, -0.25) is 4.79 Å². The number of aromatic nitrogens is 2. The molecule has 3 aromatic rings. The molecule has 2 heterocycles. The Kier molecular flexibility index (Phi) is 7.59. The molecule has 10 heteroatoms. The summed E-state index contributed by atoms with van der Waals surface area (Å²) in [6.45, 7) is 1.18. The number of piperidine rings is 1. The zero-order chi connectivity index (χ0) is 24.0. The van der Waals surface area contributed by atoms with Crippen LogP contribution in [0.25, 0.3) is 11.4 Å². The number of hydrogen-bond acceptors (Lipinski definition) is 7. The van der Waals surface area contributed by atoms with Gasteiger partial charge in [0.25, 0.3) is 0 Å². The fourth-order valence-corrected chi connectivity index (χ4v) is 5.48. The number of benzene rings is 2. The summed E-state index contributed by atoms with van der Waals surface area (Å²) in [5, 5.41) is 6.70. The maximum Gasteiger partial charge on any atom is 0.246 e. The van der Waals surface area contributed by atoms with Crippen LogP contribution in [0.3, 0.4) is 0 Å². The van der Waals surface area contributed by atoms with Crippen LogP contribution in [0.1, 0.15) is 37.1 Å². The van der Waals surface area contributed by atoms with Crippen molar-refractivity contribution in [2.24, 2.45) is 0 Å². The van der Waals surface area contributed by atoms with Gasteiger partial charge in [-0.25, -0.2) is 8.42 Å². The molecule has 34 heavy (non-hydrogen) atoms. The van der Waals surface area contributed by atoms with Gasteiger partial charge in [-0.2, -0.15) is 9.29 Å². The van der Waals surface area contributed by atoms with Crippen LogP contribution >= 0.6 is 0 Å². The van der Waals surface area contributed by atoms with Crippen LogP contribution in [-0.4, -0.2) is 49.0 Å². The van der Waals surface area contributed by atoms with Gasteiger partial charge in [0.1, 0.15) is 5.75 Å². The summed E-state index contributed by atoms with van der Waals surface area (Å²) in [5.41, 5.74) is 1.50. The Morgan fingerprint density at radius 2 is 1.88 bits per heavy atom. The highest BCUT2D eigenvalue weighted by molar-refractivity contribution is 7.89. The zero-order valence-corrected chi connectivity index (χ0v) is 19.9. The van der Waals surface area contributed by atoms with Crippen molar-refractivity contribution in [1.82, 2.24) is 19.8 Å². The number of carbonyl (C=O) groups is 1. The molecule has 1 aliphatic rings. The third-order valence-corrected chi connectivity index (χ3v) is 7.66. The summed E-state index contributed by atoms with van der Waals surface area (Å²) in [5.74, 6) is 1.10. The van der Waals surface area contributed by atoms with E-state index < -0.39 is 10.0 Å². The van der Waals surface area contributed by atoms with E-state index >= 15 is 0 Å². The predicted molar refractivity (Wildman–Crippen MR) is 126 cm³/mol. The van der Waals surface area contributed by atoms with Crippen LogP contribution in [-0.2, 0) is 27.8 Å². The number of ether oxygens (including phenoxy) is 1. The van der Waals surface area contributed by atoms with E-state index in [9.17, 15) is 13.2 Å². The molecule has 1 aliphatic heterocycles. The van der Waals surface area contributed by atoms with Crippen LogP contribution in [0.5, 0.6) is 5.75 Å². The lowest BCUT2D eigenvalue weighted by atomic mass is 10.1. The van der Waals surface area contributed by atoms with E-state index in [-0.39, 0.29) is 23.8 Å². The molecule has 1 aromatic heterocycles. The predicted octanol–water partition coefficient (Wildman–Crippen LogP) is 3.17. The van der Waals surface area contributed by atoms with E-state index in [1.165, 1.54) is 11.4 Å². The van der Waals surface area contributed by atoms with E-state index in [0.717, 1.165) is 24.8 Å². The number of amides is 1. The lowest BCUT2D eigenvalue weighted by Crippen LogP contribution is -2.35. The normalized spacial score (nSPS) is 14.6.